The van der Waals surface area contributed by atoms with E-state index in [9.17, 15) is 13.2 Å². The Bertz CT molecular complexity index is 579. The van der Waals surface area contributed by atoms with Crippen LogP contribution in [0.4, 0.5) is 19.0 Å². The van der Waals surface area contributed by atoms with Crippen LogP contribution in [0, 0.1) is 6.92 Å². The van der Waals surface area contributed by atoms with Gasteiger partial charge in [-0.1, -0.05) is 12.1 Å². The molecule has 1 aromatic carbocycles. The SMILES string of the molecule is Cc1c(N)ncnc1-c1cccc(C(F)(F)F)c1. The second-order valence-electron chi connectivity index (χ2n) is 3.81. The number of nitrogens with two attached hydrogens (primary N) is 1. The van der Waals surface area contributed by atoms with Crippen molar-refractivity contribution in [3.63, 3.8) is 0 Å². The van der Waals surface area contributed by atoms with Crippen LogP contribution < -0.4 is 5.73 Å². The van der Waals surface area contributed by atoms with Crippen LogP contribution in [0.25, 0.3) is 11.3 Å². The minimum Gasteiger partial charge on any atom is -0.383 e. The molecule has 2 N–H and O–H groups in total. The number of aromatic nitrogens is 2. The van der Waals surface area contributed by atoms with Gasteiger partial charge < -0.3 is 5.73 Å². The molecular formula is C12H10F3N3. The van der Waals surface area contributed by atoms with Gasteiger partial charge in [0.05, 0.1) is 11.3 Å². The molecule has 2 aromatic rings. The summed E-state index contributed by atoms with van der Waals surface area (Å²) in [5.74, 6) is 0.261. The molecule has 0 aliphatic rings. The average molecular weight is 253 g/mol. The van der Waals surface area contributed by atoms with E-state index in [2.05, 4.69) is 9.97 Å². The van der Waals surface area contributed by atoms with Gasteiger partial charge in [-0.3, -0.25) is 0 Å². The molecule has 0 atom stereocenters. The zero-order valence-electron chi connectivity index (χ0n) is 9.49. The molecule has 2 rings (SSSR count). The van der Waals surface area contributed by atoms with Gasteiger partial charge in [-0.15, -0.1) is 0 Å². The number of hydrogen-bond donors (Lipinski definition) is 1. The first-order valence-electron chi connectivity index (χ1n) is 5.14. The Kier molecular flexibility index (Phi) is 2.94. The third-order valence-electron chi connectivity index (χ3n) is 2.59. The van der Waals surface area contributed by atoms with Crippen LogP contribution in [0.2, 0.25) is 0 Å². The lowest BCUT2D eigenvalue weighted by atomic mass is 10.0. The topological polar surface area (TPSA) is 51.8 Å². The third-order valence-corrected chi connectivity index (χ3v) is 2.59. The third kappa shape index (κ3) is 2.27. The van der Waals surface area contributed by atoms with Crippen molar-refractivity contribution in [3.05, 3.63) is 41.7 Å². The number of nitrogens with zero attached hydrogens (tertiary/aromatic N) is 2. The minimum atomic E-state index is -4.37. The van der Waals surface area contributed by atoms with Crippen LogP contribution in [0.15, 0.2) is 30.6 Å². The molecule has 94 valence electrons. The molecule has 0 unspecified atom stereocenters. The molecule has 0 saturated heterocycles. The summed E-state index contributed by atoms with van der Waals surface area (Å²) in [5.41, 5.74) is 6.25. The first-order chi connectivity index (χ1) is 8.39. The fourth-order valence-electron chi connectivity index (χ4n) is 1.60. The van der Waals surface area contributed by atoms with Crippen molar-refractivity contribution in [3.8, 4) is 11.3 Å². The van der Waals surface area contributed by atoms with E-state index in [0.29, 0.717) is 16.8 Å². The average Bonchev–Trinajstić information content (AvgIpc) is 2.32. The number of anilines is 1. The minimum absolute atomic E-state index is 0.261. The van der Waals surface area contributed by atoms with Crippen molar-refractivity contribution in [1.82, 2.24) is 9.97 Å². The molecule has 0 fully saturated rings. The van der Waals surface area contributed by atoms with E-state index < -0.39 is 11.7 Å². The van der Waals surface area contributed by atoms with Gasteiger partial charge in [0.1, 0.15) is 12.1 Å². The maximum absolute atomic E-state index is 12.6. The standard InChI is InChI=1S/C12H10F3N3/c1-7-10(17-6-18-11(7)16)8-3-2-4-9(5-8)12(13,14)15/h2-6H,1H3,(H2,16,17,18). The van der Waals surface area contributed by atoms with Crippen molar-refractivity contribution in [2.24, 2.45) is 0 Å². The lowest BCUT2D eigenvalue weighted by molar-refractivity contribution is -0.137. The molecule has 0 aliphatic carbocycles. The Morgan fingerprint density at radius 1 is 1.17 bits per heavy atom. The molecule has 6 heteroatoms. The Hall–Kier alpha value is -2.11. The first kappa shape index (κ1) is 12.3. The van der Waals surface area contributed by atoms with Crippen LogP contribution in [0.5, 0.6) is 0 Å². The normalized spacial score (nSPS) is 11.6. The number of benzene rings is 1. The van der Waals surface area contributed by atoms with E-state index in [0.717, 1.165) is 12.1 Å². The molecule has 18 heavy (non-hydrogen) atoms. The van der Waals surface area contributed by atoms with Crippen molar-refractivity contribution in [2.45, 2.75) is 13.1 Å². The zero-order valence-corrected chi connectivity index (χ0v) is 9.49. The highest BCUT2D eigenvalue weighted by atomic mass is 19.4. The maximum atomic E-state index is 12.6. The molecule has 0 spiro atoms. The van der Waals surface area contributed by atoms with E-state index in [1.165, 1.54) is 12.4 Å². The molecule has 0 amide bonds. The van der Waals surface area contributed by atoms with Crippen LogP contribution in [0.3, 0.4) is 0 Å². The van der Waals surface area contributed by atoms with Crippen molar-refractivity contribution in [2.75, 3.05) is 5.73 Å². The summed E-state index contributed by atoms with van der Waals surface area (Å²) in [6.07, 6.45) is -3.14. The van der Waals surface area contributed by atoms with Crippen LogP contribution >= 0.6 is 0 Å². The first-order valence-corrected chi connectivity index (χ1v) is 5.14. The largest absolute Gasteiger partial charge is 0.416 e. The van der Waals surface area contributed by atoms with Crippen LogP contribution in [-0.4, -0.2) is 9.97 Å². The molecule has 0 radical (unpaired) electrons. The van der Waals surface area contributed by atoms with Gasteiger partial charge in [0, 0.05) is 11.1 Å². The summed E-state index contributed by atoms with van der Waals surface area (Å²) in [5, 5.41) is 0. The van der Waals surface area contributed by atoms with Gasteiger partial charge in [0.25, 0.3) is 0 Å². The second kappa shape index (κ2) is 4.29. The predicted molar refractivity (Wildman–Crippen MR) is 61.6 cm³/mol. The summed E-state index contributed by atoms with van der Waals surface area (Å²) in [6.45, 7) is 1.67. The Morgan fingerprint density at radius 2 is 1.89 bits per heavy atom. The van der Waals surface area contributed by atoms with E-state index >= 15 is 0 Å². The monoisotopic (exact) mass is 253 g/mol. The van der Waals surface area contributed by atoms with E-state index in [-0.39, 0.29) is 5.82 Å². The number of halogens is 3. The fourth-order valence-corrected chi connectivity index (χ4v) is 1.60. The Morgan fingerprint density at radius 3 is 2.56 bits per heavy atom. The second-order valence-corrected chi connectivity index (χ2v) is 3.81. The molecule has 3 nitrogen and oxygen atoms in total. The lowest BCUT2D eigenvalue weighted by Gasteiger charge is -2.10. The van der Waals surface area contributed by atoms with Gasteiger partial charge in [-0.25, -0.2) is 9.97 Å². The summed E-state index contributed by atoms with van der Waals surface area (Å²) in [7, 11) is 0. The van der Waals surface area contributed by atoms with Gasteiger partial charge >= 0.3 is 6.18 Å². The van der Waals surface area contributed by atoms with Crippen molar-refractivity contribution in [1.29, 1.82) is 0 Å². The molecule has 0 bridgehead atoms. The van der Waals surface area contributed by atoms with Crippen molar-refractivity contribution < 1.29 is 13.2 Å². The van der Waals surface area contributed by atoms with E-state index in [1.807, 2.05) is 0 Å². The van der Waals surface area contributed by atoms with E-state index in [1.54, 1.807) is 13.0 Å². The van der Waals surface area contributed by atoms with Gasteiger partial charge in [-0.05, 0) is 19.1 Å². The van der Waals surface area contributed by atoms with Crippen LogP contribution in [0.1, 0.15) is 11.1 Å². The lowest BCUT2D eigenvalue weighted by Crippen LogP contribution is -2.05. The highest BCUT2D eigenvalue weighted by Crippen LogP contribution is 2.32. The maximum Gasteiger partial charge on any atom is 0.416 e. The Labute approximate surface area is 101 Å². The van der Waals surface area contributed by atoms with Crippen molar-refractivity contribution >= 4 is 5.82 Å². The molecule has 0 aliphatic heterocycles. The molecular weight excluding hydrogens is 243 g/mol. The number of nitrogen functional groups attached to an aromatic ring is 1. The van der Waals surface area contributed by atoms with Crippen LogP contribution in [-0.2, 0) is 6.18 Å². The Balaban J connectivity index is 2.55. The van der Waals surface area contributed by atoms with Gasteiger partial charge in [0.15, 0.2) is 0 Å². The van der Waals surface area contributed by atoms with Gasteiger partial charge in [0.2, 0.25) is 0 Å². The molecule has 0 saturated carbocycles. The number of alkyl halides is 3. The van der Waals surface area contributed by atoms with E-state index in [4.69, 9.17) is 5.73 Å². The molecule has 1 aromatic heterocycles. The fraction of sp³-hybridized carbons (Fsp3) is 0.167. The summed E-state index contributed by atoms with van der Waals surface area (Å²) in [6, 6.07) is 4.97. The summed E-state index contributed by atoms with van der Waals surface area (Å²) < 4.78 is 37.8. The number of hydrogen-bond acceptors (Lipinski definition) is 3. The highest BCUT2D eigenvalue weighted by molar-refractivity contribution is 5.67. The zero-order chi connectivity index (χ0) is 13.3. The smallest absolute Gasteiger partial charge is 0.383 e. The summed E-state index contributed by atoms with van der Waals surface area (Å²) >= 11 is 0. The van der Waals surface area contributed by atoms with Gasteiger partial charge in [-0.2, -0.15) is 13.2 Å². The molecule has 1 heterocycles. The quantitative estimate of drug-likeness (QED) is 0.849. The summed E-state index contributed by atoms with van der Waals surface area (Å²) in [4.78, 5) is 7.75. The highest BCUT2D eigenvalue weighted by Gasteiger charge is 2.30. The predicted octanol–water partition coefficient (Wildman–Crippen LogP) is 3.05. The number of rotatable bonds is 1.